The van der Waals surface area contributed by atoms with Crippen LogP contribution < -0.4 is 0 Å². The molecule has 1 aliphatic carbocycles. The average Bonchev–Trinajstić information content (AvgIpc) is 2.77. The van der Waals surface area contributed by atoms with Gasteiger partial charge in [0.15, 0.2) is 0 Å². The van der Waals surface area contributed by atoms with Crippen LogP contribution in [0.3, 0.4) is 0 Å². The van der Waals surface area contributed by atoms with E-state index in [1.807, 2.05) is 16.7 Å². The van der Waals surface area contributed by atoms with Gasteiger partial charge in [-0.1, -0.05) is 37.6 Å². The van der Waals surface area contributed by atoms with Crippen LogP contribution >= 0.6 is 43.5 Å². The van der Waals surface area contributed by atoms with Gasteiger partial charge in [-0.15, -0.1) is 0 Å². The zero-order valence-electron chi connectivity index (χ0n) is 12.0. The molecule has 0 aromatic carbocycles. The fraction of sp³-hybridized carbons (Fsp3) is 0.438. The van der Waals surface area contributed by atoms with Crippen molar-refractivity contribution in [2.45, 2.75) is 26.8 Å². The maximum atomic E-state index is 9.20. The number of allylic oxidation sites excluding steroid dienone is 2. The molecule has 1 aromatic heterocycles. The first-order valence-electron chi connectivity index (χ1n) is 6.77. The molecular formula is C16H17Br2ClN2. The minimum absolute atomic E-state index is 0.303. The second kappa shape index (κ2) is 6.73. The minimum Gasteiger partial charge on any atom is -0.335 e. The highest BCUT2D eigenvalue weighted by atomic mass is 79.9. The summed E-state index contributed by atoms with van der Waals surface area (Å²) in [6, 6.07) is 4.23. The molecule has 0 spiro atoms. The summed E-state index contributed by atoms with van der Waals surface area (Å²) in [5.41, 5.74) is 3.69. The van der Waals surface area contributed by atoms with Gasteiger partial charge in [-0.25, -0.2) is 0 Å². The molecule has 1 saturated carbocycles. The Morgan fingerprint density at radius 2 is 2.24 bits per heavy atom. The van der Waals surface area contributed by atoms with Crippen LogP contribution in [-0.2, 0) is 13.0 Å². The summed E-state index contributed by atoms with van der Waals surface area (Å²) in [5, 5.41) is 9.20. The van der Waals surface area contributed by atoms with E-state index < -0.39 is 0 Å². The third-order valence-electron chi connectivity index (χ3n) is 4.36. The number of hydrogen-bond donors (Lipinski definition) is 0. The van der Waals surface area contributed by atoms with Crippen LogP contribution in [0.4, 0.5) is 0 Å². The molecule has 0 radical (unpaired) electrons. The second-order valence-corrected chi connectivity index (χ2v) is 9.00. The molecule has 1 aromatic rings. The van der Waals surface area contributed by atoms with Crippen molar-refractivity contribution in [2.24, 2.45) is 17.3 Å². The van der Waals surface area contributed by atoms with E-state index in [-0.39, 0.29) is 0 Å². The van der Waals surface area contributed by atoms with E-state index >= 15 is 0 Å². The van der Waals surface area contributed by atoms with E-state index in [2.05, 4.69) is 64.0 Å². The fourth-order valence-corrected chi connectivity index (χ4v) is 3.62. The van der Waals surface area contributed by atoms with Crippen molar-refractivity contribution in [3.05, 3.63) is 44.6 Å². The molecule has 0 saturated heterocycles. The summed E-state index contributed by atoms with van der Waals surface area (Å²) in [6.07, 6.45) is 7.12. The van der Waals surface area contributed by atoms with Crippen molar-refractivity contribution in [1.29, 1.82) is 5.26 Å². The largest absolute Gasteiger partial charge is 0.335 e. The monoisotopic (exact) mass is 430 g/mol. The highest BCUT2D eigenvalue weighted by Crippen LogP contribution is 2.61. The Morgan fingerprint density at radius 1 is 1.52 bits per heavy atom. The van der Waals surface area contributed by atoms with E-state index in [4.69, 9.17) is 11.6 Å². The molecule has 0 aliphatic heterocycles. The van der Waals surface area contributed by atoms with Gasteiger partial charge in [0.05, 0.1) is 3.39 Å². The highest BCUT2D eigenvalue weighted by molar-refractivity contribution is 9.28. The Morgan fingerprint density at radius 3 is 2.81 bits per heavy atom. The van der Waals surface area contributed by atoms with E-state index in [0.29, 0.717) is 29.5 Å². The molecule has 1 heterocycles. The van der Waals surface area contributed by atoms with Crippen molar-refractivity contribution in [2.75, 3.05) is 0 Å². The van der Waals surface area contributed by atoms with Gasteiger partial charge in [0.2, 0.25) is 0 Å². The molecule has 2 nitrogen and oxygen atoms in total. The van der Waals surface area contributed by atoms with Crippen LogP contribution in [0.1, 0.15) is 25.1 Å². The lowest BCUT2D eigenvalue weighted by Crippen LogP contribution is -1.96. The summed E-state index contributed by atoms with van der Waals surface area (Å²) in [6.45, 7) is 5.22. The molecule has 5 heteroatoms. The first kappa shape index (κ1) is 16.9. The Hall–Kier alpha value is -0.500. The topological polar surface area (TPSA) is 28.7 Å². The predicted octanol–water partition coefficient (Wildman–Crippen LogP) is 5.56. The summed E-state index contributed by atoms with van der Waals surface area (Å²) in [7, 11) is 0. The van der Waals surface area contributed by atoms with Gasteiger partial charge in [-0.05, 0) is 67.2 Å². The van der Waals surface area contributed by atoms with Crippen LogP contribution in [-0.4, -0.2) is 4.57 Å². The lowest BCUT2D eigenvalue weighted by atomic mass is 10.0. The number of nitriles is 1. The molecule has 0 bridgehead atoms. The van der Waals surface area contributed by atoms with Crippen LogP contribution in [0.2, 0.25) is 0 Å². The van der Waals surface area contributed by atoms with E-state index in [1.165, 1.54) is 11.1 Å². The Balaban J connectivity index is 2.13. The number of rotatable bonds is 5. The molecule has 2 atom stereocenters. The number of aromatic nitrogens is 1. The number of hydrogen-bond acceptors (Lipinski definition) is 1. The number of halogens is 3. The van der Waals surface area contributed by atoms with Crippen LogP contribution in [0.5, 0.6) is 0 Å². The van der Waals surface area contributed by atoms with Crippen molar-refractivity contribution in [3.63, 3.8) is 0 Å². The lowest BCUT2D eigenvalue weighted by molar-refractivity contribution is 0.549. The first-order chi connectivity index (χ1) is 9.90. The molecule has 2 rings (SSSR count). The summed E-state index contributed by atoms with van der Waals surface area (Å²) >= 11 is 12.5. The zero-order valence-corrected chi connectivity index (χ0v) is 15.9. The van der Waals surface area contributed by atoms with Gasteiger partial charge in [0, 0.05) is 18.3 Å². The van der Waals surface area contributed by atoms with Crippen molar-refractivity contribution in [1.82, 2.24) is 4.57 Å². The van der Waals surface area contributed by atoms with Crippen molar-refractivity contribution in [3.8, 4) is 6.07 Å². The average molecular weight is 433 g/mol. The van der Waals surface area contributed by atoms with Gasteiger partial charge >= 0.3 is 0 Å². The summed E-state index contributed by atoms with van der Waals surface area (Å²) in [4.78, 5) is 0. The molecule has 0 amide bonds. The van der Waals surface area contributed by atoms with Crippen molar-refractivity contribution >= 4 is 43.5 Å². The Labute approximate surface area is 147 Å². The summed E-state index contributed by atoms with van der Waals surface area (Å²) < 4.78 is 2.95. The molecule has 21 heavy (non-hydrogen) atoms. The predicted molar refractivity (Wildman–Crippen MR) is 94.5 cm³/mol. The minimum atomic E-state index is 0.303. The quantitative estimate of drug-likeness (QED) is 0.599. The standard InChI is InChI=1S/C16H17Br2ClN2/c1-16(2)13(14(16)8-15(17)18)7-11-6-12(9-20)21(10-11)5-3-4-19/h3-4,6,8,10,13-14H,5,7H2,1-2H3/t13-,14+/m1/s1. The van der Waals surface area contributed by atoms with Crippen LogP contribution in [0, 0.1) is 28.6 Å². The SMILES string of the molecule is CC1(C)[C@H](Cc2cc(C#N)n(CC=CCl)c2)[C@@H]1C=C(Br)Br. The Kier molecular flexibility index (Phi) is 5.40. The van der Waals surface area contributed by atoms with Gasteiger partial charge in [-0.2, -0.15) is 5.26 Å². The Bertz CT molecular complexity index is 619. The third-order valence-corrected chi connectivity index (χ3v) is 5.07. The van der Waals surface area contributed by atoms with Gasteiger partial charge in [0.1, 0.15) is 11.8 Å². The van der Waals surface area contributed by atoms with Gasteiger partial charge in [0.25, 0.3) is 0 Å². The van der Waals surface area contributed by atoms with Crippen LogP contribution in [0.25, 0.3) is 0 Å². The smallest absolute Gasteiger partial charge is 0.120 e. The van der Waals surface area contributed by atoms with E-state index in [0.717, 1.165) is 9.81 Å². The maximum Gasteiger partial charge on any atom is 0.120 e. The lowest BCUT2D eigenvalue weighted by Gasteiger charge is -2.01. The highest BCUT2D eigenvalue weighted by Gasteiger charge is 2.55. The van der Waals surface area contributed by atoms with Gasteiger partial charge < -0.3 is 4.57 Å². The first-order valence-corrected chi connectivity index (χ1v) is 8.79. The third kappa shape index (κ3) is 3.83. The fourth-order valence-electron chi connectivity index (χ4n) is 2.98. The molecule has 1 aliphatic rings. The van der Waals surface area contributed by atoms with Crippen LogP contribution in [0.15, 0.2) is 33.3 Å². The van der Waals surface area contributed by atoms with E-state index in [1.54, 1.807) is 0 Å². The number of nitrogens with zero attached hydrogens (tertiary/aromatic N) is 2. The summed E-state index contributed by atoms with van der Waals surface area (Å²) in [5.74, 6) is 1.16. The second-order valence-electron chi connectivity index (χ2n) is 5.97. The van der Waals surface area contributed by atoms with Gasteiger partial charge in [-0.3, -0.25) is 0 Å². The molecular weight excluding hydrogens is 415 g/mol. The zero-order chi connectivity index (χ0) is 15.6. The van der Waals surface area contributed by atoms with E-state index in [9.17, 15) is 5.26 Å². The normalized spacial score (nSPS) is 23.0. The van der Waals surface area contributed by atoms with Crippen molar-refractivity contribution < 1.29 is 0 Å². The molecule has 112 valence electrons. The molecule has 1 fully saturated rings. The maximum absolute atomic E-state index is 9.20. The molecule has 0 N–H and O–H groups in total. The molecule has 0 unspecified atom stereocenters.